The molecule has 2 nitrogen and oxygen atoms in total. The first kappa shape index (κ1) is 13.3. The molecular weight excluding hydrogens is 222 g/mol. The topological polar surface area (TPSA) is 29.1 Å². The molecule has 1 aromatic carbocycles. The molecule has 0 bridgehead atoms. The number of carbonyl (C=O) groups is 1. The Hall–Kier alpha value is -1.15. The molecule has 0 aromatic heterocycles. The third-order valence-electron chi connectivity index (χ3n) is 3.90. The fourth-order valence-corrected chi connectivity index (χ4v) is 2.43. The molecule has 1 saturated carbocycles. The van der Waals surface area contributed by atoms with Crippen molar-refractivity contribution in [2.24, 2.45) is 5.92 Å². The summed E-state index contributed by atoms with van der Waals surface area (Å²) in [6.07, 6.45) is 3.90. The third-order valence-corrected chi connectivity index (χ3v) is 3.90. The number of carbonyl (C=O) groups excluding carboxylic acids is 1. The van der Waals surface area contributed by atoms with E-state index >= 15 is 0 Å². The molecule has 0 radical (unpaired) electrons. The molecule has 1 aliphatic carbocycles. The van der Waals surface area contributed by atoms with Crippen molar-refractivity contribution >= 4 is 5.78 Å². The average Bonchev–Trinajstić information content (AvgIpc) is 2.33. The van der Waals surface area contributed by atoms with Gasteiger partial charge in [0.05, 0.1) is 0 Å². The van der Waals surface area contributed by atoms with Gasteiger partial charge < -0.3 is 5.32 Å². The SMILES string of the molecule is CCNCC(C)C(=O)c1cccc(C2CCC2)c1. The highest BCUT2D eigenvalue weighted by molar-refractivity contribution is 5.97. The van der Waals surface area contributed by atoms with Gasteiger partial charge >= 0.3 is 0 Å². The Balaban J connectivity index is 2.05. The van der Waals surface area contributed by atoms with Crippen molar-refractivity contribution < 1.29 is 4.79 Å². The van der Waals surface area contributed by atoms with Crippen LogP contribution in [0.1, 0.15) is 54.9 Å². The van der Waals surface area contributed by atoms with Gasteiger partial charge in [0, 0.05) is 18.0 Å². The number of rotatable bonds is 6. The Morgan fingerprint density at radius 2 is 2.22 bits per heavy atom. The molecule has 98 valence electrons. The van der Waals surface area contributed by atoms with Gasteiger partial charge in [-0.2, -0.15) is 0 Å². The summed E-state index contributed by atoms with van der Waals surface area (Å²) in [5, 5.41) is 3.24. The quantitative estimate of drug-likeness (QED) is 0.778. The van der Waals surface area contributed by atoms with Crippen LogP contribution in [0.25, 0.3) is 0 Å². The molecule has 1 N–H and O–H groups in total. The summed E-state index contributed by atoms with van der Waals surface area (Å²) in [5.41, 5.74) is 2.23. The third kappa shape index (κ3) is 2.99. The van der Waals surface area contributed by atoms with E-state index in [9.17, 15) is 4.79 Å². The lowest BCUT2D eigenvalue weighted by atomic mass is 9.79. The van der Waals surface area contributed by atoms with E-state index in [1.165, 1.54) is 24.8 Å². The van der Waals surface area contributed by atoms with Crippen molar-refractivity contribution in [2.45, 2.75) is 39.0 Å². The predicted molar refractivity (Wildman–Crippen MR) is 75.1 cm³/mol. The lowest BCUT2D eigenvalue weighted by molar-refractivity contribution is 0.0929. The summed E-state index contributed by atoms with van der Waals surface area (Å²) in [6, 6.07) is 8.25. The van der Waals surface area contributed by atoms with Gasteiger partial charge in [-0.1, -0.05) is 38.5 Å². The van der Waals surface area contributed by atoms with Crippen molar-refractivity contribution in [3.63, 3.8) is 0 Å². The van der Waals surface area contributed by atoms with Crippen LogP contribution in [-0.4, -0.2) is 18.9 Å². The van der Waals surface area contributed by atoms with Gasteiger partial charge in [-0.25, -0.2) is 0 Å². The molecule has 1 atom stereocenters. The van der Waals surface area contributed by atoms with Crippen molar-refractivity contribution in [3.05, 3.63) is 35.4 Å². The van der Waals surface area contributed by atoms with Gasteiger partial charge in [-0.3, -0.25) is 4.79 Å². The molecule has 0 spiro atoms. The maximum Gasteiger partial charge on any atom is 0.166 e. The Bertz CT molecular complexity index is 409. The van der Waals surface area contributed by atoms with Crippen LogP contribution >= 0.6 is 0 Å². The highest BCUT2D eigenvalue weighted by Gasteiger charge is 2.21. The molecule has 0 amide bonds. The normalized spacial score (nSPS) is 17.2. The van der Waals surface area contributed by atoms with Gasteiger partial charge in [-0.05, 0) is 36.9 Å². The number of nitrogens with one attached hydrogen (secondary N) is 1. The van der Waals surface area contributed by atoms with E-state index in [0.29, 0.717) is 5.92 Å². The van der Waals surface area contributed by atoms with Gasteiger partial charge in [0.15, 0.2) is 5.78 Å². The highest BCUT2D eigenvalue weighted by atomic mass is 16.1. The number of ketones is 1. The Morgan fingerprint density at radius 3 is 2.83 bits per heavy atom. The van der Waals surface area contributed by atoms with E-state index in [0.717, 1.165) is 18.7 Å². The van der Waals surface area contributed by atoms with Gasteiger partial charge in [0.2, 0.25) is 0 Å². The van der Waals surface area contributed by atoms with Crippen molar-refractivity contribution in [3.8, 4) is 0 Å². The summed E-state index contributed by atoms with van der Waals surface area (Å²) < 4.78 is 0. The molecule has 0 heterocycles. The zero-order valence-corrected chi connectivity index (χ0v) is 11.4. The molecular formula is C16H23NO. The highest BCUT2D eigenvalue weighted by Crippen LogP contribution is 2.36. The number of benzene rings is 1. The molecule has 1 aliphatic rings. The Kier molecular flexibility index (Phi) is 4.54. The first-order valence-corrected chi connectivity index (χ1v) is 7.07. The summed E-state index contributed by atoms with van der Waals surface area (Å²) in [6.45, 7) is 5.75. The second-order valence-electron chi connectivity index (χ2n) is 5.33. The van der Waals surface area contributed by atoms with Crippen LogP contribution < -0.4 is 5.32 Å². The van der Waals surface area contributed by atoms with Gasteiger partial charge in [0.1, 0.15) is 0 Å². The van der Waals surface area contributed by atoms with Gasteiger partial charge in [0.25, 0.3) is 0 Å². The van der Waals surface area contributed by atoms with Crippen LogP contribution in [0.4, 0.5) is 0 Å². The Morgan fingerprint density at radius 1 is 1.44 bits per heavy atom. The van der Waals surface area contributed by atoms with Crippen LogP contribution in [-0.2, 0) is 0 Å². The van der Waals surface area contributed by atoms with Gasteiger partial charge in [-0.15, -0.1) is 0 Å². The fraction of sp³-hybridized carbons (Fsp3) is 0.562. The molecule has 1 unspecified atom stereocenters. The summed E-state index contributed by atoms with van der Waals surface area (Å²) in [4.78, 5) is 12.3. The van der Waals surface area contributed by atoms with Crippen molar-refractivity contribution in [1.29, 1.82) is 0 Å². The smallest absolute Gasteiger partial charge is 0.166 e. The second-order valence-corrected chi connectivity index (χ2v) is 5.33. The zero-order valence-electron chi connectivity index (χ0n) is 11.4. The molecule has 0 aliphatic heterocycles. The van der Waals surface area contributed by atoms with Crippen LogP contribution in [0.2, 0.25) is 0 Å². The lowest BCUT2D eigenvalue weighted by Crippen LogP contribution is -2.26. The maximum atomic E-state index is 12.3. The standard InChI is InChI=1S/C16H23NO/c1-3-17-11-12(2)16(18)15-9-5-8-14(10-15)13-6-4-7-13/h5,8-10,12-13,17H,3-4,6-7,11H2,1-2H3. The predicted octanol–water partition coefficient (Wildman–Crippen LogP) is 3.38. The van der Waals surface area contributed by atoms with Crippen LogP contribution in [0, 0.1) is 5.92 Å². The number of hydrogen-bond donors (Lipinski definition) is 1. The largest absolute Gasteiger partial charge is 0.316 e. The lowest BCUT2D eigenvalue weighted by Gasteiger charge is -2.26. The van der Waals surface area contributed by atoms with Crippen LogP contribution in [0.3, 0.4) is 0 Å². The van der Waals surface area contributed by atoms with E-state index in [2.05, 4.69) is 24.4 Å². The number of Topliss-reactive ketones (excluding diaryl/α,β-unsaturated/α-hetero) is 1. The fourth-order valence-electron chi connectivity index (χ4n) is 2.43. The van der Waals surface area contributed by atoms with E-state index in [1.54, 1.807) is 0 Å². The first-order chi connectivity index (χ1) is 8.72. The minimum atomic E-state index is 0.0570. The average molecular weight is 245 g/mol. The molecule has 18 heavy (non-hydrogen) atoms. The van der Waals surface area contributed by atoms with Crippen molar-refractivity contribution in [2.75, 3.05) is 13.1 Å². The maximum absolute atomic E-state index is 12.3. The molecule has 2 rings (SSSR count). The molecule has 1 fully saturated rings. The first-order valence-electron chi connectivity index (χ1n) is 7.07. The van der Waals surface area contributed by atoms with E-state index in [1.807, 2.05) is 19.1 Å². The second kappa shape index (κ2) is 6.14. The van der Waals surface area contributed by atoms with Crippen LogP contribution in [0.5, 0.6) is 0 Å². The Labute approximate surface area is 110 Å². The van der Waals surface area contributed by atoms with Crippen LogP contribution in [0.15, 0.2) is 24.3 Å². The molecule has 0 saturated heterocycles. The van der Waals surface area contributed by atoms with E-state index in [4.69, 9.17) is 0 Å². The van der Waals surface area contributed by atoms with E-state index < -0.39 is 0 Å². The summed E-state index contributed by atoms with van der Waals surface area (Å²) >= 11 is 0. The minimum absolute atomic E-state index is 0.0570. The summed E-state index contributed by atoms with van der Waals surface area (Å²) in [5.74, 6) is 1.01. The minimum Gasteiger partial charge on any atom is -0.316 e. The summed E-state index contributed by atoms with van der Waals surface area (Å²) in [7, 11) is 0. The number of hydrogen-bond acceptors (Lipinski definition) is 2. The zero-order chi connectivity index (χ0) is 13.0. The van der Waals surface area contributed by atoms with Crippen molar-refractivity contribution in [1.82, 2.24) is 5.32 Å². The molecule has 1 aromatic rings. The monoisotopic (exact) mass is 245 g/mol. The van der Waals surface area contributed by atoms with E-state index in [-0.39, 0.29) is 11.7 Å². The molecule has 2 heteroatoms.